The van der Waals surface area contributed by atoms with Crippen molar-refractivity contribution in [1.29, 1.82) is 0 Å². The van der Waals surface area contributed by atoms with E-state index in [1.54, 1.807) is 24.4 Å². The average Bonchev–Trinajstić information content (AvgIpc) is 2.73. The molecule has 0 aliphatic rings. The highest BCUT2D eigenvalue weighted by Gasteiger charge is 2.27. The molecule has 1 aromatic heterocycles. The second-order valence-electron chi connectivity index (χ2n) is 5.86. The quantitative estimate of drug-likeness (QED) is 0.575. The van der Waals surface area contributed by atoms with Gasteiger partial charge >= 0.3 is 0 Å². The van der Waals surface area contributed by atoms with E-state index in [1.807, 2.05) is 36.4 Å². The number of nitrogens with one attached hydrogen (secondary N) is 1. The van der Waals surface area contributed by atoms with Crippen LogP contribution in [-0.4, -0.2) is 27.6 Å². The van der Waals surface area contributed by atoms with E-state index < -0.39 is 16.1 Å². The molecule has 0 bridgehead atoms. The molecule has 0 spiro atoms. The Hall–Kier alpha value is -2.42. The molecule has 0 aliphatic heterocycles. The Bertz CT molecular complexity index is 1010. The van der Waals surface area contributed by atoms with Crippen LogP contribution in [0, 0.1) is 0 Å². The van der Waals surface area contributed by atoms with Gasteiger partial charge in [-0.3, -0.25) is 4.98 Å². The number of hydrogen-bond donors (Lipinski definition) is 1. The van der Waals surface area contributed by atoms with Gasteiger partial charge in [-0.15, -0.1) is 0 Å². The Kier molecular flexibility index (Phi) is 6.33. The minimum atomic E-state index is -3.92. The van der Waals surface area contributed by atoms with Gasteiger partial charge in [-0.25, -0.2) is 8.42 Å². The molecule has 3 aromatic rings. The predicted octanol–water partition coefficient (Wildman–Crippen LogP) is 3.93. The standard InChI is InChI=1S/C20H19BrN2O4S/c1-26-17-12-15(21)19(13-18(17)27-2)28(24,25)23-20(14-8-4-3-5-9-14)16-10-6-7-11-22-16/h3-13,20,23H,1-2H3. The second-order valence-corrected chi connectivity index (χ2v) is 8.39. The van der Waals surface area contributed by atoms with Crippen molar-refractivity contribution in [3.63, 3.8) is 0 Å². The molecule has 3 rings (SSSR count). The van der Waals surface area contributed by atoms with E-state index in [4.69, 9.17) is 9.47 Å². The molecule has 1 atom stereocenters. The number of sulfonamides is 1. The summed E-state index contributed by atoms with van der Waals surface area (Å²) in [5, 5.41) is 0. The van der Waals surface area contributed by atoms with Crippen molar-refractivity contribution in [2.75, 3.05) is 14.2 Å². The molecule has 28 heavy (non-hydrogen) atoms. The normalized spacial score (nSPS) is 12.4. The molecule has 146 valence electrons. The maximum absolute atomic E-state index is 13.2. The molecule has 0 saturated carbocycles. The minimum absolute atomic E-state index is 0.0435. The maximum Gasteiger partial charge on any atom is 0.242 e. The first-order valence-electron chi connectivity index (χ1n) is 8.36. The molecule has 0 radical (unpaired) electrons. The van der Waals surface area contributed by atoms with Crippen LogP contribution >= 0.6 is 15.9 Å². The fraction of sp³-hybridized carbons (Fsp3) is 0.150. The summed E-state index contributed by atoms with van der Waals surface area (Å²) >= 11 is 3.32. The first kappa shape index (κ1) is 20.3. The SMILES string of the molecule is COc1cc(Br)c(S(=O)(=O)NC(c2ccccc2)c2ccccn2)cc1OC. The van der Waals surface area contributed by atoms with E-state index in [9.17, 15) is 8.42 Å². The number of nitrogens with zero attached hydrogens (tertiary/aromatic N) is 1. The van der Waals surface area contributed by atoms with Crippen LogP contribution in [0.15, 0.2) is 76.2 Å². The van der Waals surface area contributed by atoms with E-state index in [0.717, 1.165) is 5.56 Å². The minimum Gasteiger partial charge on any atom is -0.493 e. The number of hydrogen-bond acceptors (Lipinski definition) is 5. The third-order valence-corrected chi connectivity index (χ3v) is 6.50. The third-order valence-electron chi connectivity index (χ3n) is 4.12. The molecule has 6 nitrogen and oxygen atoms in total. The Morgan fingerprint density at radius 1 is 0.964 bits per heavy atom. The largest absolute Gasteiger partial charge is 0.493 e. The zero-order valence-corrected chi connectivity index (χ0v) is 17.7. The summed E-state index contributed by atoms with van der Waals surface area (Å²) in [6.07, 6.45) is 1.63. The predicted molar refractivity (Wildman–Crippen MR) is 110 cm³/mol. The number of ether oxygens (including phenoxy) is 2. The fourth-order valence-electron chi connectivity index (χ4n) is 2.75. The zero-order chi connectivity index (χ0) is 20.1. The number of benzene rings is 2. The molecule has 1 N–H and O–H groups in total. The second kappa shape index (κ2) is 8.72. The van der Waals surface area contributed by atoms with Gasteiger partial charge in [0.05, 0.1) is 26.0 Å². The van der Waals surface area contributed by atoms with Gasteiger partial charge in [-0.2, -0.15) is 4.72 Å². The molecular weight excluding hydrogens is 444 g/mol. The summed E-state index contributed by atoms with van der Waals surface area (Å²) < 4.78 is 40.0. The van der Waals surface area contributed by atoms with Crippen LogP contribution in [0.4, 0.5) is 0 Å². The Labute approximate surface area is 172 Å². The molecule has 0 fully saturated rings. The third kappa shape index (κ3) is 4.35. The molecule has 8 heteroatoms. The fourth-order valence-corrected chi connectivity index (χ4v) is 4.99. The summed E-state index contributed by atoms with van der Waals surface area (Å²) in [4.78, 5) is 4.38. The summed E-state index contributed by atoms with van der Waals surface area (Å²) in [5.41, 5.74) is 1.37. The van der Waals surface area contributed by atoms with Gasteiger partial charge in [0.15, 0.2) is 11.5 Å². The lowest BCUT2D eigenvalue weighted by atomic mass is 10.0. The highest BCUT2D eigenvalue weighted by Crippen LogP contribution is 2.36. The van der Waals surface area contributed by atoms with Crippen LogP contribution in [0.1, 0.15) is 17.3 Å². The lowest BCUT2D eigenvalue weighted by molar-refractivity contribution is 0.353. The first-order chi connectivity index (χ1) is 13.5. The highest BCUT2D eigenvalue weighted by atomic mass is 79.9. The van der Waals surface area contributed by atoms with Crippen molar-refractivity contribution in [3.8, 4) is 11.5 Å². The topological polar surface area (TPSA) is 77.5 Å². The molecule has 1 unspecified atom stereocenters. The van der Waals surface area contributed by atoms with Crippen molar-refractivity contribution in [2.45, 2.75) is 10.9 Å². The van der Waals surface area contributed by atoms with Crippen molar-refractivity contribution >= 4 is 26.0 Å². The molecule has 0 aliphatic carbocycles. The Balaban J connectivity index is 2.06. The van der Waals surface area contributed by atoms with Crippen molar-refractivity contribution in [3.05, 3.63) is 82.6 Å². The van der Waals surface area contributed by atoms with Crippen LogP contribution in [-0.2, 0) is 10.0 Å². The van der Waals surface area contributed by atoms with E-state index in [1.165, 1.54) is 20.3 Å². The van der Waals surface area contributed by atoms with Gasteiger partial charge in [0.1, 0.15) is 4.90 Å². The number of aromatic nitrogens is 1. The lowest BCUT2D eigenvalue weighted by Crippen LogP contribution is -2.30. The van der Waals surface area contributed by atoms with E-state index in [0.29, 0.717) is 21.7 Å². The van der Waals surface area contributed by atoms with Gasteiger partial charge < -0.3 is 9.47 Å². The number of methoxy groups -OCH3 is 2. The molecule has 1 heterocycles. The van der Waals surface area contributed by atoms with Crippen LogP contribution in [0.3, 0.4) is 0 Å². The summed E-state index contributed by atoms with van der Waals surface area (Å²) in [5.74, 6) is 0.748. The molecule has 2 aromatic carbocycles. The van der Waals surface area contributed by atoms with Crippen molar-refractivity contribution in [1.82, 2.24) is 9.71 Å². The highest BCUT2D eigenvalue weighted by molar-refractivity contribution is 9.10. The van der Waals surface area contributed by atoms with Gasteiger partial charge in [-0.1, -0.05) is 36.4 Å². The van der Waals surface area contributed by atoms with Gasteiger partial charge in [0.25, 0.3) is 0 Å². The van der Waals surface area contributed by atoms with Crippen LogP contribution in [0.5, 0.6) is 11.5 Å². The smallest absolute Gasteiger partial charge is 0.242 e. The molecule has 0 saturated heterocycles. The zero-order valence-electron chi connectivity index (χ0n) is 15.3. The van der Waals surface area contributed by atoms with Crippen molar-refractivity contribution in [2.24, 2.45) is 0 Å². The number of halogens is 1. The number of rotatable bonds is 7. The molecular formula is C20H19BrN2O4S. The van der Waals surface area contributed by atoms with E-state index in [-0.39, 0.29) is 4.90 Å². The van der Waals surface area contributed by atoms with Crippen molar-refractivity contribution < 1.29 is 17.9 Å². The van der Waals surface area contributed by atoms with Gasteiger partial charge in [-0.05, 0) is 39.7 Å². The van der Waals surface area contributed by atoms with Gasteiger partial charge in [0.2, 0.25) is 10.0 Å². The lowest BCUT2D eigenvalue weighted by Gasteiger charge is -2.20. The van der Waals surface area contributed by atoms with E-state index >= 15 is 0 Å². The Morgan fingerprint density at radius 2 is 1.61 bits per heavy atom. The Morgan fingerprint density at radius 3 is 2.21 bits per heavy atom. The monoisotopic (exact) mass is 462 g/mol. The first-order valence-corrected chi connectivity index (χ1v) is 10.6. The summed E-state index contributed by atoms with van der Waals surface area (Å²) in [7, 11) is -0.973. The van der Waals surface area contributed by atoms with Crippen LogP contribution in [0.2, 0.25) is 0 Å². The molecule has 0 amide bonds. The van der Waals surface area contributed by atoms with Crippen LogP contribution < -0.4 is 14.2 Å². The van der Waals surface area contributed by atoms with Gasteiger partial charge in [0, 0.05) is 16.7 Å². The summed E-state index contributed by atoms with van der Waals surface area (Å²) in [6.45, 7) is 0. The van der Waals surface area contributed by atoms with Crippen LogP contribution in [0.25, 0.3) is 0 Å². The van der Waals surface area contributed by atoms with E-state index in [2.05, 4.69) is 25.6 Å². The number of pyridine rings is 1. The average molecular weight is 463 g/mol. The maximum atomic E-state index is 13.2. The summed E-state index contributed by atoms with van der Waals surface area (Å²) in [6, 6.07) is 17.0.